The van der Waals surface area contributed by atoms with Crippen LogP contribution in [-0.2, 0) is 14.3 Å². The Balaban J connectivity index is 1.22. The van der Waals surface area contributed by atoms with Crippen LogP contribution in [0.4, 0.5) is 4.79 Å². The van der Waals surface area contributed by atoms with E-state index in [2.05, 4.69) is 16.1 Å². The Bertz CT molecular complexity index is 555. The molecule has 3 N–H and O–H groups in total. The number of likely N-dealkylation sites (tertiary alicyclic amines) is 1. The Hall–Kier alpha value is -0.930. The van der Waals surface area contributed by atoms with E-state index in [1.54, 1.807) is 0 Å². The summed E-state index contributed by atoms with van der Waals surface area (Å²) in [7, 11) is 0. The fourth-order valence-electron chi connectivity index (χ4n) is 5.04. The van der Waals surface area contributed by atoms with Gasteiger partial charge in [0.25, 0.3) is 0 Å². The predicted molar refractivity (Wildman–Crippen MR) is 109 cm³/mol. The third kappa shape index (κ3) is 5.41. The highest BCUT2D eigenvalue weighted by atomic mass is 16.7. The van der Waals surface area contributed by atoms with E-state index in [4.69, 9.17) is 14.3 Å². The van der Waals surface area contributed by atoms with Gasteiger partial charge >= 0.3 is 6.09 Å². The highest BCUT2D eigenvalue weighted by Crippen LogP contribution is 2.30. The van der Waals surface area contributed by atoms with Crippen LogP contribution in [0.2, 0.25) is 0 Å². The molecule has 0 aromatic rings. The molecule has 4 heterocycles. The van der Waals surface area contributed by atoms with Crippen LogP contribution >= 0.6 is 0 Å². The number of hydrogen-bond acceptors (Lipinski definition) is 7. The van der Waals surface area contributed by atoms with E-state index in [-0.39, 0.29) is 12.2 Å². The Morgan fingerprint density at radius 3 is 2.55 bits per heavy atom. The van der Waals surface area contributed by atoms with E-state index in [9.17, 15) is 4.79 Å². The molecule has 4 fully saturated rings. The average molecular weight is 411 g/mol. The number of carbonyl (C=O) groups is 1. The van der Waals surface area contributed by atoms with Gasteiger partial charge in [-0.2, -0.15) is 5.48 Å². The molecule has 166 valence electrons. The minimum atomic E-state index is -0.441. The molecular formula is C21H38N4O4. The first kappa shape index (κ1) is 21.3. The molecule has 8 heteroatoms. The normalized spacial score (nSPS) is 37.1. The number of piperidine rings is 1. The molecular weight excluding hydrogens is 372 g/mol. The highest BCUT2D eigenvalue weighted by molar-refractivity contribution is 5.68. The lowest BCUT2D eigenvalue weighted by Crippen LogP contribution is -2.61. The molecule has 4 aliphatic heterocycles. The van der Waals surface area contributed by atoms with E-state index in [1.165, 1.54) is 0 Å². The molecule has 4 aliphatic rings. The van der Waals surface area contributed by atoms with Gasteiger partial charge in [0.15, 0.2) is 0 Å². The van der Waals surface area contributed by atoms with E-state index in [0.717, 1.165) is 65.0 Å². The molecule has 0 aromatic heterocycles. The van der Waals surface area contributed by atoms with Crippen molar-refractivity contribution < 1.29 is 19.1 Å². The number of ether oxygens (including phenoxy) is 2. The summed E-state index contributed by atoms with van der Waals surface area (Å²) in [6, 6.07) is 0.768. The molecule has 4 saturated heterocycles. The highest BCUT2D eigenvalue weighted by Gasteiger charge is 2.40. The van der Waals surface area contributed by atoms with Gasteiger partial charge in [-0.25, -0.2) is 4.79 Å². The van der Waals surface area contributed by atoms with Gasteiger partial charge < -0.3 is 19.7 Å². The summed E-state index contributed by atoms with van der Waals surface area (Å²) in [6.45, 7) is 10.0. The molecule has 0 saturated carbocycles. The maximum atomic E-state index is 12.3. The summed E-state index contributed by atoms with van der Waals surface area (Å²) in [5.74, 6) is 1.06. The van der Waals surface area contributed by atoms with Crippen molar-refractivity contribution in [3.05, 3.63) is 0 Å². The number of amides is 1. The van der Waals surface area contributed by atoms with Crippen molar-refractivity contribution in [2.75, 3.05) is 32.8 Å². The Morgan fingerprint density at radius 2 is 1.86 bits per heavy atom. The average Bonchev–Trinajstić information content (AvgIpc) is 3.39. The Labute approximate surface area is 174 Å². The van der Waals surface area contributed by atoms with E-state index < -0.39 is 5.60 Å². The zero-order valence-corrected chi connectivity index (χ0v) is 18.1. The molecule has 4 rings (SSSR count). The third-order valence-corrected chi connectivity index (χ3v) is 6.71. The second-order valence-electron chi connectivity index (χ2n) is 10.0. The Morgan fingerprint density at radius 1 is 1.07 bits per heavy atom. The van der Waals surface area contributed by atoms with E-state index >= 15 is 0 Å². The Kier molecular flexibility index (Phi) is 6.65. The summed E-state index contributed by atoms with van der Waals surface area (Å²) in [5, 5.41) is 7.41. The van der Waals surface area contributed by atoms with Crippen molar-refractivity contribution >= 4 is 6.09 Å². The molecule has 1 amide bonds. The number of hydroxylamine groups is 1. The van der Waals surface area contributed by atoms with Crippen LogP contribution < -0.4 is 16.1 Å². The maximum Gasteiger partial charge on any atom is 0.410 e. The molecule has 0 bridgehead atoms. The molecule has 0 radical (unpaired) electrons. The van der Waals surface area contributed by atoms with Crippen LogP contribution in [0.25, 0.3) is 0 Å². The van der Waals surface area contributed by atoms with Crippen LogP contribution in [0.15, 0.2) is 0 Å². The molecule has 5 unspecified atom stereocenters. The number of hydrogen-bond donors (Lipinski definition) is 3. The summed E-state index contributed by atoms with van der Waals surface area (Å²) >= 11 is 0. The first-order valence-electron chi connectivity index (χ1n) is 11.4. The second-order valence-corrected chi connectivity index (χ2v) is 10.0. The summed E-state index contributed by atoms with van der Waals surface area (Å²) in [6.07, 6.45) is 5.59. The van der Waals surface area contributed by atoms with Gasteiger partial charge in [-0.15, -0.1) is 0 Å². The smallest absolute Gasteiger partial charge is 0.410 e. The SMILES string of the molecule is CC(C)(C)OC(=O)N1CCC(C2CC(C3CCNC(C4CCOC4)N3)NO2)CC1. The lowest BCUT2D eigenvalue weighted by Gasteiger charge is -2.37. The zero-order chi connectivity index (χ0) is 20.4. The molecule has 0 aromatic carbocycles. The van der Waals surface area contributed by atoms with Crippen molar-refractivity contribution in [3.63, 3.8) is 0 Å². The predicted octanol–water partition coefficient (Wildman–Crippen LogP) is 1.61. The summed E-state index contributed by atoms with van der Waals surface area (Å²) in [5.41, 5.74) is 2.88. The van der Waals surface area contributed by atoms with Gasteiger partial charge in [0.05, 0.1) is 24.9 Å². The quantitative estimate of drug-likeness (QED) is 0.652. The number of nitrogens with zero attached hydrogens (tertiary/aromatic N) is 1. The van der Waals surface area contributed by atoms with Crippen LogP contribution in [0.3, 0.4) is 0 Å². The fourth-order valence-corrected chi connectivity index (χ4v) is 5.04. The topological polar surface area (TPSA) is 84.1 Å². The number of rotatable bonds is 3. The molecule has 5 atom stereocenters. The van der Waals surface area contributed by atoms with Crippen LogP contribution in [0.5, 0.6) is 0 Å². The second kappa shape index (κ2) is 9.06. The largest absolute Gasteiger partial charge is 0.444 e. The van der Waals surface area contributed by atoms with Gasteiger partial charge in [-0.3, -0.25) is 10.2 Å². The molecule has 0 spiro atoms. The maximum absolute atomic E-state index is 12.3. The van der Waals surface area contributed by atoms with Crippen molar-refractivity contribution in [3.8, 4) is 0 Å². The van der Waals surface area contributed by atoms with Gasteiger partial charge in [0.2, 0.25) is 0 Å². The third-order valence-electron chi connectivity index (χ3n) is 6.71. The number of nitrogens with one attached hydrogen (secondary N) is 3. The minimum absolute atomic E-state index is 0.194. The molecule has 29 heavy (non-hydrogen) atoms. The van der Waals surface area contributed by atoms with Gasteiger partial charge in [0.1, 0.15) is 5.60 Å². The van der Waals surface area contributed by atoms with Gasteiger partial charge in [-0.1, -0.05) is 0 Å². The number of carbonyl (C=O) groups excluding carboxylic acids is 1. The van der Waals surface area contributed by atoms with Crippen molar-refractivity contribution in [1.29, 1.82) is 0 Å². The summed E-state index contributed by atoms with van der Waals surface area (Å²) < 4.78 is 11.1. The van der Waals surface area contributed by atoms with E-state index in [0.29, 0.717) is 30.1 Å². The van der Waals surface area contributed by atoms with Crippen molar-refractivity contribution in [1.82, 2.24) is 21.0 Å². The first-order chi connectivity index (χ1) is 13.9. The minimum Gasteiger partial charge on any atom is -0.444 e. The molecule has 0 aliphatic carbocycles. The van der Waals surface area contributed by atoms with E-state index in [1.807, 2.05) is 25.7 Å². The monoisotopic (exact) mass is 410 g/mol. The first-order valence-corrected chi connectivity index (χ1v) is 11.4. The summed E-state index contributed by atoms with van der Waals surface area (Å²) in [4.78, 5) is 20.1. The fraction of sp³-hybridized carbons (Fsp3) is 0.952. The van der Waals surface area contributed by atoms with Crippen LogP contribution in [0, 0.1) is 11.8 Å². The van der Waals surface area contributed by atoms with Crippen LogP contribution in [-0.4, -0.2) is 73.8 Å². The van der Waals surface area contributed by atoms with Gasteiger partial charge in [-0.05, 0) is 65.3 Å². The van der Waals surface area contributed by atoms with Crippen LogP contribution in [0.1, 0.15) is 52.9 Å². The van der Waals surface area contributed by atoms with Crippen molar-refractivity contribution in [2.24, 2.45) is 11.8 Å². The zero-order valence-electron chi connectivity index (χ0n) is 18.1. The van der Waals surface area contributed by atoms with Gasteiger partial charge in [0, 0.05) is 31.7 Å². The lowest BCUT2D eigenvalue weighted by molar-refractivity contribution is -0.0291. The molecule has 8 nitrogen and oxygen atoms in total. The lowest BCUT2D eigenvalue weighted by atomic mass is 9.86. The van der Waals surface area contributed by atoms with Crippen molar-refractivity contribution in [2.45, 2.75) is 82.8 Å². The standard InChI is InChI=1S/C21H38N4O4/c1-21(2,3)28-20(26)25-9-5-14(6-10-25)18-12-17(24-29-18)16-4-8-22-19(23-16)15-7-11-27-13-15/h14-19,22-24H,4-13H2,1-3H3.